The Kier molecular flexibility index (Phi) is 5.25. The second kappa shape index (κ2) is 6.95. The van der Waals surface area contributed by atoms with Crippen LogP contribution >= 0.6 is 23.1 Å². The van der Waals surface area contributed by atoms with E-state index >= 15 is 0 Å². The number of carbonyl (C=O) groups is 1. The van der Waals surface area contributed by atoms with Crippen molar-refractivity contribution in [1.29, 1.82) is 0 Å². The van der Waals surface area contributed by atoms with Gasteiger partial charge in [0, 0.05) is 16.2 Å². The van der Waals surface area contributed by atoms with Crippen LogP contribution < -0.4 is 4.74 Å². The Labute approximate surface area is 132 Å². The first-order valence-electron chi connectivity index (χ1n) is 6.44. The van der Waals surface area contributed by atoms with E-state index < -0.39 is 5.97 Å². The summed E-state index contributed by atoms with van der Waals surface area (Å²) in [6.45, 7) is 3.90. The van der Waals surface area contributed by atoms with E-state index in [-0.39, 0.29) is 6.42 Å². The van der Waals surface area contributed by atoms with Gasteiger partial charge in [-0.1, -0.05) is 29.5 Å². The molecule has 4 nitrogen and oxygen atoms in total. The van der Waals surface area contributed by atoms with Crippen molar-refractivity contribution in [3.05, 3.63) is 39.9 Å². The van der Waals surface area contributed by atoms with Crippen molar-refractivity contribution in [3.63, 3.8) is 0 Å². The first-order valence-corrected chi connectivity index (χ1v) is 8.24. The lowest BCUT2D eigenvalue weighted by molar-refractivity contribution is -0.136. The number of methoxy groups -OCH3 is 1. The predicted octanol–water partition coefficient (Wildman–Crippen LogP) is 3.69. The summed E-state index contributed by atoms with van der Waals surface area (Å²) in [4.78, 5) is 16.0. The Morgan fingerprint density at radius 3 is 2.86 bits per heavy atom. The first-order chi connectivity index (χ1) is 9.99. The highest BCUT2D eigenvalue weighted by Gasteiger charge is 2.12. The Balaban J connectivity index is 2.10. The first kappa shape index (κ1) is 15.9. The van der Waals surface area contributed by atoms with Gasteiger partial charge >= 0.3 is 5.97 Å². The average Bonchev–Trinajstić information content (AvgIpc) is 2.76. The van der Waals surface area contributed by atoms with Crippen LogP contribution in [0.1, 0.15) is 21.7 Å². The highest BCUT2D eigenvalue weighted by atomic mass is 32.2. The monoisotopic (exact) mass is 323 g/mol. The van der Waals surface area contributed by atoms with Crippen molar-refractivity contribution in [1.82, 2.24) is 4.98 Å². The van der Waals surface area contributed by atoms with Gasteiger partial charge in [-0.05, 0) is 19.9 Å². The zero-order valence-electron chi connectivity index (χ0n) is 12.2. The van der Waals surface area contributed by atoms with Crippen LogP contribution in [0.25, 0.3) is 0 Å². The SMILES string of the molecule is COc1ccc(C)cc1CSc1nc(C)c(CC(=O)O)s1. The summed E-state index contributed by atoms with van der Waals surface area (Å²) in [6, 6.07) is 6.09. The third-order valence-electron chi connectivity index (χ3n) is 2.97. The molecule has 1 N–H and O–H groups in total. The maximum atomic E-state index is 10.8. The largest absolute Gasteiger partial charge is 0.496 e. The van der Waals surface area contributed by atoms with Gasteiger partial charge in [-0.2, -0.15) is 0 Å². The number of ether oxygens (including phenoxy) is 1. The van der Waals surface area contributed by atoms with E-state index in [2.05, 4.69) is 11.1 Å². The lowest BCUT2D eigenvalue weighted by Crippen LogP contribution is -1.99. The molecule has 2 rings (SSSR count). The number of hydrogen-bond donors (Lipinski definition) is 1. The van der Waals surface area contributed by atoms with Crippen LogP contribution in [0.15, 0.2) is 22.5 Å². The van der Waals surface area contributed by atoms with Crippen LogP contribution in [0.4, 0.5) is 0 Å². The minimum absolute atomic E-state index is 0.0395. The zero-order valence-corrected chi connectivity index (χ0v) is 13.8. The van der Waals surface area contributed by atoms with Crippen LogP contribution in [-0.2, 0) is 17.0 Å². The molecule has 21 heavy (non-hydrogen) atoms. The second-order valence-corrected chi connectivity index (χ2v) is 6.97. The van der Waals surface area contributed by atoms with Gasteiger partial charge in [0.25, 0.3) is 0 Å². The molecule has 0 fully saturated rings. The maximum absolute atomic E-state index is 10.8. The summed E-state index contributed by atoms with van der Waals surface area (Å²) in [5.41, 5.74) is 3.12. The molecule has 1 heterocycles. The van der Waals surface area contributed by atoms with E-state index in [9.17, 15) is 4.79 Å². The topological polar surface area (TPSA) is 59.4 Å². The minimum Gasteiger partial charge on any atom is -0.496 e. The molecule has 1 aromatic carbocycles. The van der Waals surface area contributed by atoms with Crippen molar-refractivity contribution in [3.8, 4) is 5.75 Å². The van der Waals surface area contributed by atoms with Crippen molar-refractivity contribution in [2.24, 2.45) is 0 Å². The number of carboxylic acid groups (broad SMARTS) is 1. The fourth-order valence-electron chi connectivity index (χ4n) is 1.92. The summed E-state index contributed by atoms with van der Waals surface area (Å²) in [5, 5.41) is 8.86. The van der Waals surface area contributed by atoms with Gasteiger partial charge in [0.15, 0.2) is 4.34 Å². The molecule has 6 heteroatoms. The van der Waals surface area contributed by atoms with Gasteiger partial charge in [0.05, 0.1) is 19.2 Å². The number of rotatable bonds is 6. The van der Waals surface area contributed by atoms with Crippen LogP contribution in [0.5, 0.6) is 5.75 Å². The summed E-state index contributed by atoms with van der Waals surface area (Å²) in [7, 11) is 1.66. The van der Waals surface area contributed by atoms with E-state index in [1.54, 1.807) is 18.9 Å². The fraction of sp³-hybridized carbons (Fsp3) is 0.333. The molecule has 0 saturated heterocycles. The number of benzene rings is 1. The minimum atomic E-state index is -0.821. The molecule has 0 aliphatic rings. The highest BCUT2D eigenvalue weighted by Crippen LogP contribution is 2.32. The van der Waals surface area contributed by atoms with Gasteiger partial charge in [-0.15, -0.1) is 11.3 Å². The third kappa shape index (κ3) is 4.22. The van der Waals surface area contributed by atoms with E-state index in [1.165, 1.54) is 16.9 Å². The van der Waals surface area contributed by atoms with E-state index in [0.29, 0.717) is 0 Å². The van der Waals surface area contributed by atoms with Crippen molar-refractivity contribution < 1.29 is 14.6 Å². The molecule has 0 unspecified atom stereocenters. The van der Waals surface area contributed by atoms with E-state index in [4.69, 9.17) is 9.84 Å². The summed E-state index contributed by atoms with van der Waals surface area (Å²) < 4.78 is 6.26. The lowest BCUT2D eigenvalue weighted by atomic mass is 10.1. The molecule has 0 aliphatic heterocycles. The Morgan fingerprint density at radius 1 is 1.43 bits per heavy atom. The summed E-state index contributed by atoms with van der Waals surface area (Å²) in [5.74, 6) is 0.801. The van der Waals surface area contributed by atoms with Crippen LogP contribution in [0.3, 0.4) is 0 Å². The molecular formula is C15H17NO3S2. The number of aryl methyl sites for hydroxylation is 2. The van der Waals surface area contributed by atoms with Gasteiger partial charge in [-0.3, -0.25) is 4.79 Å². The molecule has 0 saturated carbocycles. The van der Waals surface area contributed by atoms with Gasteiger partial charge in [0.1, 0.15) is 5.75 Å². The quantitative estimate of drug-likeness (QED) is 0.822. The number of thioether (sulfide) groups is 1. The molecule has 0 radical (unpaired) electrons. The number of hydrogen-bond acceptors (Lipinski definition) is 5. The number of aromatic nitrogens is 1. The summed E-state index contributed by atoms with van der Waals surface area (Å²) in [6.07, 6.45) is 0.0395. The molecule has 0 spiro atoms. The number of carboxylic acids is 1. The number of thiazole rings is 1. The third-order valence-corrected chi connectivity index (χ3v) is 5.32. The maximum Gasteiger partial charge on any atom is 0.308 e. The second-order valence-electron chi connectivity index (χ2n) is 4.66. The normalized spacial score (nSPS) is 10.6. The zero-order chi connectivity index (χ0) is 15.4. The molecule has 0 bridgehead atoms. The lowest BCUT2D eigenvalue weighted by Gasteiger charge is -2.08. The van der Waals surface area contributed by atoms with Gasteiger partial charge < -0.3 is 9.84 Å². The van der Waals surface area contributed by atoms with Crippen LogP contribution in [-0.4, -0.2) is 23.2 Å². The van der Waals surface area contributed by atoms with E-state index in [1.807, 2.05) is 26.0 Å². The number of nitrogens with zero attached hydrogens (tertiary/aromatic N) is 1. The average molecular weight is 323 g/mol. The predicted molar refractivity (Wildman–Crippen MR) is 85.5 cm³/mol. The van der Waals surface area contributed by atoms with Crippen molar-refractivity contribution in [2.45, 2.75) is 30.4 Å². The smallest absolute Gasteiger partial charge is 0.308 e. The fourth-order valence-corrected chi connectivity index (χ4v) is 4.13. The van der Waals surface area contributed by atoms with Crippen LogP contribution in [0, 0.1) is 13.8 Å². The van der Waals surface area contributed by atoms with Gasteiger partial charge in [-0.25, -0.2) is 4.98 Å². The molecule has 1 aromatic heterocycles. The highest BCUT2D eigenvalue weighted by molar-refractivity contribution is 8.00. The van der Waals surface area contributed by atoms with Crippen molar-refractivity contribution in [2.75, 3.05) is 7.11 Å². The molecular weight excluding hydrogens is 306 g/mol. The van der Waals surface area contributed by atoms with Gasteiger partial charge in [0.2, 0.25) is 0 Å². The summed E-state index contributed by atoms with van der Waals surface area (Å²) >= 11 is 3.06. The Morgan fingerprint density at radius 2 is 2.19 bits per heavy atom. The molecule has 0 aliphatic carbocycles. The van der Waals surface area contributed by atoms with Crippen molar-refractivity contribution >= 4 is 29.1 Å². The van der Waals surface area contributed by atoms with E-state index in [0.717, 1.165) is 32.0 Å². The molecule has 0 amide bonds. The Bertz CT molecular complexity index is 652. The molecule has 112 valence electrons. The Hall–Kier alpha value is -1.53. The molecule has 2 aromatic rings. The standard InChI is InChI=1S/C15H17NO3S2/c1-9-4-5-12(19-3)11(6-9)8-20-15-16-10(2)13(21-15)7-14(17)18/h4-6H,7-8H2,1-3H3,(H,17,18). The number of aliphatic carboxylic acids is 1. The van der Waals surface area contributed by atoms with Crippen LogP contribution in [0.2, 0.25) is 0 Å². The molecule has 0 atom stereocenters.